The lowest BCUT2D eigenvalue weighted by atomic mass is 9.88. The molecule has 0 aliphatic carbocycles. The molecule has 138 valence electrons. The lowest BCUT2D eigenvalue weighted by Crippen LogP contribution is -1.98. The predicted octanol–water partition coefficient (Wildman–Crippen LogP) is 6.96. The zero-order chi connectivity index (χ0) is 19.7. The van der Waals surface area contributed by atoms with Gasteiger partial charge in [-0.15, -0.1) is 0 Å². The van der Waals surface area contributed by atoms with Gasteiger partial charge < -0.3 is 9.47 Å². The number of methoxy groups -OCH3 is 2. The molecule has 0 aliphatic heterocycles. The van der Waals surface area contributed by atoms with Crippen molar-refractivity contribution >= 4 is 33.7 Å². The third kappa shape index (κ3) is 2.66. The minimum Gasteiger partial charge on any atom is -0.495 e. The molecule has 0 bridgehead atoms. The third-order valence-electron chi connectivity index (χ3n) is 5.16. The first kappa shape index (κ1) is 17.9. The second-order valence-corrected chi connectivity index (χ2v) is 6.60. The van der Waals surface area contributed by atoms with Crippen molar-refractivity contribution in [3.8, 4) is 22.6 Å². The molecule has 0 saturated heterocycles. The summed E-state index contributed by atoms with van der Waals surface area (Å²) in [6, 6.07) is 20.9. The van der Waals surface area contributed by atoms with Gasteiger partial charge in [-0.3, -0.25) is 0 Å². The van der Waals surface area contributed by atoms with E-state index in [9.17, 15) is 0 Å². The highest BCUT2D eigenvalue weighted by atomic mass is 16.5. The van der Waals surface area contributed by atoms with E-state index in [2.05, 4.69) is 49.6 Å². The summed E-state index contributed by atoms with van der Waals surface area (Å²) in [5.41, 5.74) is 3.91. The summed E-state index contributed by atoms with van der Waals surface area (Å²) < 4.78 is 11.8. The zero-order valence-electron chi connectivity index (χ0n) is 16.2. The van der Waals surface area contributed by atoms with E-state index >= 15 is 0 Å². The van der Waals surface area contributed by atoms with Gasteiger partial charge in [-0.1, -0.05) is 73.8 Å². The molecule has 2 nitrogen and oxygen atoms in total. The van der Waals surface area contributed by atoms with Gasteiger partial charge in [0, 0.05) is 22.3 Å². The van der Waals surface area contributed by atoms with Gasteiger partial charge in [0.25, 0.3) is 0 Å². The molecule has 0 fully saturated rings. The number of ether oxygens (including phenoxy) is 2. The van der Waals surface area contributed by atoms with Crippen LogP contribution < -0.4 is 9.47 Å². The fourth-order valence-corrected chi connectivity index (χ4v) is 3.94. The summed E-state index contributed by atoms with van der Waals surface area (Å²) in [4.78, 5) is 0. The van der Waals surface area contributed by atoms with Crippen molar-refractivity contribution in [3.63, 3.8) is 0 Å². The van der Waals surface area contributed by atoms with Gasteiger partial charge in [0.1, 0.15) is 11.5 Å². The highest BCUT2D eigenvalue weighted by Gasteiger charge is 2.22. The lowest BCUT2D eigenvalue weighted by Gasteiger charge is -2.21. The first-order valence-electron chi connectivity index (χ1n) is 9.18. The standard InChI is InChI=1S/C26H22O2/c1-5-17-15-19-11-7-9-13-21(19)23(25(17)27-3)24-22-14-10-8-12-20(22)16-18(6-2)26(24)28-4/h5-16H,1-2H2,3-4H3. The maximum absolute atomic E-state index is 5.90. The molecule has 0 radical (unpaired) electrons. The molecule has 0 aliphatic rings. The second-order valence-electron chi connectivity index (χ2n) is 6.60. The third-order valence-corrected chi connectivity index (χ3v) is 5.16. The van der Waals surface area contributed by atoms with E-state index in [-0.39, 0.29) is 0 Å². The van der Waals surface area contributed by atoms with E-state index < -0.39 is 0 Å². The normalized spacial score (nSPS) is 10.8. The van der Waals surface area contributed by atoms with Crippen LogP contribution >= 0.6 is 0 Å². The summed E-state index contributed by atoms with van der Waals surface area (Å²) in [6.07, 6.45) is 3.67. The number of hydrogen-bond donors (Lipinski definition) is 0. The van der Waals surface area contributed by atoms with Crippen LogP contribution in [-0.2, 0) is 0 Å². The first-order valence-corrected chi connectivity index (χ1v) is 9.18. The Morgan fingerprint density at radius 1 is 0.643 bits per heavy atom. The largest absolute Gasteiger partial charge is 0.495 e. The number of rotatable bonds is 5. The Balaban J connectivity index is 2.30. The fraction of sp³-hybridized carbons (Fsp3) is 0.0769. The van der Waals surface area contributed by atoms with Gasteiger partial charge in [-0.05, 0) is 33.7 Å². The number of fused-ring (bicyclic) bond motifs is 2. The van der Waals surface area contributed by atoms with Crippen molar-refractivity contribution in [2.45, 2.75) is 0 Å². The monoisotopic (exact) mass is 366 g/mol. The van der Waals surface area contributed by atoms with Crippen LogP contribution in [0.15, 0.2) is 73.8 Å². The molecule has 0 aromatic heterocycles. The van der Waals surface area contributed by atoms with E-state index in [4.69, 9.17) is 9.47 Å². The number of benzene rings is 4. The maximum atomic E-state index is 5.90. The van der Waals surface area contributed by atoms with Crippen LogP contribution in [0.4, 0.5) is 0 Å². The number of hydrogen-bond acceptors (Lipinski definition) is 2. The second kappa shape index (κ2) is 7.24. The highest BCUT2D eigenvalue weighted by Crippen LogP contribution is 2.48. The Hall–Kier alpha value is -3.52. The Morgan fingerprint density at radius 2 is 1.04 bits per heavy atom. The fourth-order valence-electron chi connectivity index (χ4n) is 3.94. The summed E-state index contributed by atoms with van der Waals surface area (Å²) in [7, 11) is 3.40. The molecule has 2 heteroatoms. The topological polar surface area (TPSA) is 18.5 Å². The summed E-state index contributed by atoms with van der Waals surface area (Å²) >= 11 is 0. The van der Waals surface area contributed by atoms with Gasteiger partial charge in [0.05, 0.1) is 14.2 Å². The van der Waals surface area contributed by atoms with E-state index in [0.29, 0.717) is 0 Å². The Morgan fingerprint density at radius 3 is 1.39 bits per heavy atom. The van der Waals surface area contributed by atoms with E-state index in [0.717, 1.165) is 55.3 Å². The van der Waals surface area contributed by atoms with Gasteiger partial charge in [-0.25, -0.2) is 0 Å². The molecule has 0 heterocycles. The van der Waals surface area contributed by atoms with Gasteiger partial charge in [-0.2, -0.15) is 0 Å². The summed E-state index contributed by atoms with van der Waals surface area (Å²) in [5, 5.41) is 4.47. The molecule has 4 aromatic rings. The molecule has 0 amide bonds. The molecule has 0 atom stereocenters. The average Bonchev–Trinajstić information content (AvgIpc) is 2.76. The van der Waals surface area contributed by atoms with Gasteiger partial charge in [0.15, 0.2) is 0 Å². The average molecular weight is 366 g/mol. The minimum absolute atomic E-state index is 0.790. The van der Waals surface area contributed by atoms with Crippen LogP contribution in [0.2, 0.25) is 0 Å². The van der Waals surface area contributed by atoms with Crippen LogP contribution in [0.5, 0.6) is 11.5 Å². The quantitative estimate of drug-likeness (QED) is 0.380. The Bertz CT molecular complexity index is 1120. The molecule has 0 spiro atoms. The molecule has 0 N–H and O–H groups in total. The van der Waals surface area contributed by atoms with Crippen molar-refractivity contribution in [1.82, 2.24) is 0 Å². The van der Waals surface area contributed by atoms with Crippen LogP contribution in [0, 0.1) is 0 Å². The summed E-state index contributed by atoms with van der Waals surface area (Å²) in [5.74, 6) is 1.58. The molecule has 4 aromatic carbocycles. The smallest absolute Gasteiger partial charge is 0.134 e. The van der Waals surface area contributed by atoms with E-state index in [1.54, 1.807) is 14.2 Å². The van der Waals surface area contributed by atoms with E-state index in [1.807, 2.05) is 36.4 Å². The molecule has 28 heavy (non-hydrogen) atoms. The first-order chi connectivity index (χ1) is 13.7. The lowest BCUT2D eigenvalue weighted by molar-refractivity contribution is 0.410. The molecular formula is C26H22O2. The predicted molar refractivity (Wildman–Crippen MR) is 120 cm³/mol. The van der Waals surface area contributed by atoms with E-state index in [1.165, 1.54) is 0 Å². The molecule has 0 unspecified atom stereocenters. The molecular weight excluding hydrogens is 344 g/mol. The SMILES string of the molecule is C=Cc1cc2ccccc2c(-c2c(OC)c(C=C)cc3ccccc23)c1OC. The van der Waals surface area contributed by atoms with Gasteiger partial charge >= 0.3 is 0 Å². The van der Waals surface area contributed by atoms with Crippen molar-refractivity contribution in [2.24, 2.45) is 0 Å². The highest BCUT2D eigenvalue weighted by molar-refractivity contribution is 6.12. The van der Waals surface area contributed by atoms with Crippen molar-refractivity contribution < 1.29 is 9.47 Å². The van der Waals surface area contributed by atoms with Crippen LogP contribution in [0.25, 0.3) is 44.8 Å². The Kier molecular flexibility index (Phi) is 4.62. The zero-order valence-corrected chi connectivity index (χ0v) is 16.2. The van der Waals surface area contributed by atoms with Crippen molar-refractivity contribution in [2.75, 3.05) is 14.2 Å². The maximum Gasteiger partial charge on any atom is 0.134 e. The summed E-state index contributed by atoms with van der Waals surface area (Å²) in [6.45, 7) is 7.98. The van der Waals surface area contributed by atoms with Crippen molar-refractivity contribution in [1.29, 1.82) is 0 Å². The Labute approximate surface area is 165 Å². The molecule has 0 saturated carbocycles. The minimum atomic E-state index is 0.790. The van der Waals surface area contributed by atoms with Crippen LogP contribution in [-0.4, -0.2) is 14.2 Å². The van der Waals surface area contributed by atoms with Crippen LogP contribution in [0.1, 0.15) is 11.1 Å². The van der Waals surface area contributed by atoms with Crippen molar-refractivity contribution in [3.05, 3.63) is 84.9 Å². The molecule has 4 rings (SSSR count). The van der Waals surface area contributed by atoms with Gasteiger partial charge in [0.2, 0.25) is 0 Å². The van der Waals surface area contributed by atoms with Crippen LogP contribution in [0.3, 0.4) is 0 Å².